The first kappa shape index (κ1) is 17.4. The highest BCUT2D eigenvalue weighted by Crippen LogP contribution is 2.18. The fourth-order valence-corrected chi connectivity index (χ4v) is 3.11. The number of amides is 1. The van der Waals surface area contributed by atoms with Crippen LogP contribution in [-0.4, -0.2) is 18.8 Å². The van der Waals surface area contributed by atoms with E-state index in [0.29, 0.717) is 5.75 Å². The van der Waals surface area contributed by atoms with Gasteiger partial charge in [-0.1, -0.05) is 42.0 Å². The summed E-state index contributed by atoms with van der Waals surface area (Å²) in [5.74, 6) is 2.20. The van der Waals surface area contributed by atoms with Crippen molar-refractivity contribution in [2.75, 3.05) is 12.9 Å². The van der Waals surface area contributed by atoms with Gasteiger partial charge in [-0.15, -0.1) is 11.8 Å². The third kappa shape index (κ3) is 5.64. The van der Waals surface area contributed by atoms with Crippen molar-refractivity contribution in [1.29, 1.82) is 0 Å². The second kappa shape index (κ2) is 8.63. The van der Waals surface area contributed by atoms with Crippen molar-refractivity contribution in [3.8, 4) is 5.75 Å². The SMILES string of the molecule is COc1ccc([C@H](C)NC(=O)CSCc2cccc(C)c2)cc1. The van der Waals surface area contributed by atoms with Crippen LogP contribution in [0.5, 0.6) is 5.75 Å². The van der Waals surface area contributed by atoms with E-state index in [-0.39, 0.29) is 11.9 Å². The third-order valence-corrected chi connectivity index (χ3v) is 4.58. The number of hydrogen-bond acceptors (Lipinski definition) is 3. The van der Waals surface area contributed by atoms with E-state index >= 15 is 0 Å². The van der Waals surface area contributed by atoms with Crippen LogP contribution in [0.4, 0.5) is 0 Å². The van der Waals surface area contributed by atoms with Crippen LogP contribution >= 0.6 is 11.8 Å². The molecule has 2 aromatic rings. The van der Waals surface area contributed by atoms with Crippen LogP contribution in [0.25, 0.3) is 0 Å². The van der Waals surface area contributed by atoms with Crippen molar-refractivity contribution in [1.82, 2.24) is 5.32 Å². The van der Waals surface area contributed by atoms with Gasteiger partial charge in [0.1, 0.15) is 5.75 Å². The van der Waals surface area contributed by atoms with Crippen LogP contribution in [0.2, 0.25) is 0 Å². The molecule has 1 amide bonds. The van der Waals surface area contributed by atoms with Crippen molar-refractivity contribution in [2.45, 2.75) is 25.6 Å². The number of nitrogens with one attached hydrogen (secondary N) is 1. The van der Waals surface area contributed by atoms with Gasteiger partial charge in [0.2, 0.25) is 5.91 Å². The Morgan fingerprint density at radius 3 is 2.61 bits per heavy atom. The molecule has 0 aliphatic carbocycles. The molecule has 0 fully saturated rings. The Balaban J connectivity index is 1.77. The first-order valence-corrected chi connectivity index (χ1v) is 8.80. The summed E-state index contributed by atoms with van der Waals surface area (Å²) in [6, 6.07) is 16.1. The van der Waals surface area contributed by atoms with E-state index in [1.54, 1.807) is 18.9 Å². The fraction of sp³-hybridized carbons (Fsp3) is 0.316. The van der Waals surface area contributed by atoms with Crippen molar-refractivity contribution in [3.63, 3.8) is 0 Å². The van der Waals surface area contributed by atoms with E-state index in [4.69, 9.17) is 4.74 Å². The number of methoxy groups -OCH3 is 1. The maximum Gasteiger partial charge on any atom is 0.230 e. The number of benzene rings is 2. The molecule has 0 heterocycles. The molecule has 4 heteroatoms. The normalized spacial score (nSPS) is 11.8. The van der Waals surface area contributed by atoms with Crippen LogP contribution in [-0.2, 0) is 10.5 Å². The summed E-state index contributed by atoms with van der Waals surface area (Å²) in [5.41, 5.74) is 3.58. The molecule has 0 saturated carbocycles. The average Bonchev–Trinajstić information content (AvgIpc) is 2.55. The van der Waals surface area contributed by atoms with Gasteiger partial charge >= 0.3 is 0 Å². The van der Waals surface area contributed by atoms with Crippen LogP contribution < -0.4 is 10.1 Å². The zero-order chi connectivity index (χ0) is 16.7. The van der Waals surface area contributed by atoms with Gasteiger partial charge in [-0.25, -0.2) is 0 Å². The van der Waals surface area contributed by atoms with Gasteiger partial charge in [0.15, 0.2) is 0 Å². The number of hydrogen-bond donors (Lipinski definition) is 1. The highest BCUT2D eigenvalue weighted by atomic mass is 32.2. The van der Waals surface area contributed by atoms with Gasteiger partial charge in [-0.05, 0) is 37.1 Å². The fourth-order valence-electron chi connectivity index (χ4n) is 2.32. The van der Waals surface area contributed by atoms with Crippen molar-refractivity contribution < 1.29 is 9.53 Å². The third-order valence-electron chi connectivity index (χ3n) is 3.58. The molecule has 23 heavy (non-hydrogen) atoms. The zero-order valence-electron chi connectivity index (χ0n) is 13.8. The quantitative estimate of drug-likeness (QED) is 0.830. The molecule has 2 rings (SSSR count). The molecule has 1 atom stereocenters. The van der Waals surface area contributed by atoms with Gasteiger partial charge in [-0.3, -0.25) is 4.79 Å². The Morgan fingerprint density at radius 1 is 1.22 bits per heavy atom. The monoisotopic (exact) mass is 329 g/mol. The molecule has 0 radical (unpaired) electrons. The maximum atomic E-state index is 12.1. The summed E-state index contributed by atoms with van der Waals surface area (Å²) in [7, 11) is 1.64. The van der Waals surface area contributed by atoms with E-state index < -0.39 is 0 Å². The summed E-state index contributed by atoms with van der Waals surface area (Å²) >= 11 is 1.63. The Kier molecular flexibility index (Phi) is 6.53. The van der Waals surface area contributed by atoms with E-state index in [9.17, 15) is 4.79 Å². The number of aryl methyl sites for hydroxylation is 1. The molecule has 0 aromatic heterocycles. The topological polar surface area (TPSA) is 38.3 Å². The lowest BCUT2D eigenvalue weighted by molar-refractivity contribution is -0.119. The van der Waals surface area contributed by atoms with Gasteiger partial charge in [0.25, 0.3) is 0 Å². The molecular weight excluding hydrogens is 306 g/mol. The Labute approximate surface area is 142 Å². The Hall–Kier alpha value is -1.94. The number of rotatable bonds is 7. The molecule has 2 aromatic carbocycles. The molecule has 0 aliphatic rings. The zero-order valence-corrected chi connectivity index (χ0v) is 14.7. The van der Waals surface area contributed by atoms with Crippen molar-refractivity contribution in [2.24, 2.45) is 0 Å². The van der Waals surface area contributed by atoms with Gasteiger partial charge in [0.05, 0.1) is 18.9 Å². The number of carbonyl (C=O) groups excluding carboxylic acids is 1. The lowest BCUT2D eigenvalue weighted by Gasteiger charge is -2.14. The summed E-state index contributed by atoms with van der Waals surface area (Å²) in [4.78, 5) is 12.1. The predicted octanol–water partition coefficient (Wildman–Crippen LogP) is 4.11. The standard InChI is InChI=1S/C19H23NO2S/c1-14-5-4-6-16(11-14)12-23-13-19(21)20-15(2)17-7-9-18(22-3)10-8-17/h4-11,15H,12-13H2,1-3H3,(H,20,21)/t15-/m0/s1. The summed E-state index contributed by atoms with van der Waals surface area (Å²) in [5, 5.41) is 3.03. The number of carbonyl (C=O) groups is 1. The smallest absolute Gasteiger partial charge is 0.230 e. The Bertz CT molecular complexity index is 640. The highest BCUT2D eigenvalue weighted by Gasteiger charge is 2.09. The minimum absolute atomic E-state index is 0.00650. The molecule has 0 spiro atoms. The first-order valence-electron chi connectivity index (χ1n) is 7.65. The van der Waals surface area contributed by atoms with Crippen molar-refractivity contribution >= 4 is 17.7 Å². The second-order valence-corrected chi connectivity index (χ2v) is 6.53. The predicted molar refractivity (Wildman–Crippen MR) is 96.9 cm³/mol. The van der Waals surface area contributed by atoms with Crippen LogP contribution in [0.3, 0.4) is 0 Å². The lowest BCUT2D eigenvalue weighted by Crippen LogP contribution is -2.28. The first-order chi connectivity index (χ1) is 11.1. The molecule has 122 valence electrons. The molecule has 1 N–H and O–H groups in total. The number of ether oxygens (including phenoxy) is 1. The highest BCUT2D eigenvalue weighted by molar-refractivity contribution is 7.99. The van der Waals surface area contributed by atoms with E-state index in [1.807, 2.05) is 31.2 Å². The maximum absolute atomic E-state index is 12.1. The lowest BCUT2D eigenvalue weighted by atomic mass is 10.1. The Morgan fingerprint density at radius 2 is 1.96 bits per heavy atom. The van der Waals surface area contributed by atoms with Crippen molar-refractivity contribution in [3.05, 3.63) is 65.2 Å². The van der Waals surface area contributed by atoms with E-state index in [0.717, 1.165) is 17.1 Å². The van der Waals surface area contributed by atoms with E-state index in [1.165, 1.54) is 11.1 Å². The van der Waals surface area contributed by atoms with Gasteiger partial charge < -0.3 is 10.1 Å². The van der Waals surface area contributed by atoms with Crippen LogP contribution in [0.15, 0.2) is 48.5 Å². The minimum atomic E-state index is -0.00650. The molecule has 0 bridgehead atoms. The van der Waals surface area contributed by atoms with Crippen LogP contribution in [0, 0.1) is 6.92 Å². The summed E-state index contributed by atoms with van der Waals surface area (Å²) in [6.45, 7) is 4.07. The largest absolute Gasteiger partial charge is 0.497 e. The minimum Gasteiger partial charge on any atom is -0.497 e. The summed E-state index contributed by atoms with van der Waals surface area (Å²) < 4.78 is 5.14. The molecule has 0 unspecified atom stereocenters. The average molecular weight is 329 g/mol. The molecule has 0 aliphatic heterocycles. The van der Waals surface area contributed by atoms with Crippen LogP contribution in [0.1, 0.15) is 29.7 Å². The van der Waals surface area contributed by atoms with Gasteiger partial charge in [-0.2, -0.15) is 0 Å². The summed E-state index contributed by atoms with van der Waals surface area (Å²) in [6.07, 6.45) is 0. The molecule has 3 nitrogen and oxygen atoms in total. The molecular formula is C19H23NO2S. The van der Waals surface area contributed by atoms with E-state index in [2.05, 4.69) is 36.5 Å². The molecule has 0 saturated heterocycles. The number of thioether (sulfide) groups is 1. The second-order valence-electron chi connectivity index (χ2n) is 5.54. The van der Waals surface area contributed by atoms with Gasteiger partial charge in [0, 0.05) is 5.75 Å².